The monoisotopic (exact) mass is 243 g/mol. The van der Waals surface area contributed by atoms with Gasteiger partial charge in [0.25, 0.3) is 0 Å². The summed E-state index contributed by atoms with van der Waals surface area (Å²) in [6, 6.07) is 0. The summed E-state index contributed by atoms with van der Waals surface area (Å²) in [6.07, 6.45) is 1.48. The maximum absolute atomic E-state index is 11.8. The molecule has 0 aliphatic carbocycles. The smallest absolute Gasteiger partial charge is 0.224 e. The van der Waals surface area contributed by atoms with Gasteiger partial charge in [-0.3, -0.25) is 4.79 Å². The highest BCUT2D eigenvalue weighted by Gasteiger charge is 2.16. The molecule has 1 aliphatic rings. The standard InChI is InChI=1S/C12H25N3O2/c1-12(2,13)4-6-14-5-3-11(16)15-7-9-17-10-8-15/h14H,3-10,13H2,1-2H3. The fourth-order valence-electron chi connectivity index (χ4n) is 1.70. The summed E-state index contributed by atoms with van der Waals surface area (Å²) in [6.45, 7) is 8.40. The van der Waals surface area contributed by atoms with E-state index in [1.807, 2.05) is 18.7 Å². The van der Waals surface area contributed by atoms with E-state index in [0.29, 0.717) is 19.6 Å². The summed E-state index contributed by atoms with van der Waals surface area (Å²) in [5.41, 5.74) is 5.73. The van der Waals surface area contributed by atoms with Gasteiger partial charge in [0.05, 0.1) is 13.2 Å². The molecule has 1 heterocycles. The van der Waals surface area contributed by atoms with Crippen molar-refractivity contribution in [2.75, 3.05) is 39.4 Å². The Morgan fingerprint density at radius 2 is 2.00 bits per heavy atom. The lowest BCUT2D eigenvalue weighted by atomic mass is 10.0. The zero-order valence-electron chi connectivity index (χ0n) is 11.0. The predicted octanol–water partition coefficient (Wildman–Crippen LogP) is -0.0477. The minimum atomic E-state index is -0.138. The molecule has 1 rings (SSSR count). The molecule has 0 aromatic rings. The molecule has 0 bridgehead atoms. The molecule has 1 fully saturated rings. The van der Waals surface area contributed by atoms with Crippen LogP contribution in [0.5, 0.6) is 0 Å². The second kappa shape index (κ2) is 6.93. The van der Waals surface area contributed by atoms with Gasteiger partial charge < -0.3 is 20.7 Å². The first-order valence-corrected chi connectivity index (χ1v) is 6.34. The Hall–Kier alpha value is -0.650. The van der Waals surface area contributed by atoms with Gasteiger partial charge in [0.2, 0.25) is 5.91 Å². The molecule has 0 aromatic heterocycles. The molecule has 0 saturated carbocycles. The highest BCUT2D eigenvalue weighted by atomic mass is 16.5. The van der Waals surface area contributed by atoms with E-state index >= 15 is 0 Å². The zero-order valence-corrected chi connectivity index (χ0v) is 11.0. The van der Waals surface area contributed by atoms with E-state index in [0.717, 1.165) is 32.6 Å². The van der Waals surface area contributed by atoms with Gasteiger partial charge in [0.1, 0.15) is 0 Å². The van der Waals surface area contributed by atoms with Crippen molar-refractivity contribution in [1.82, 2.24) is 10.2 Å². The Bertz CT molecular complexity index is 232. The van der Waals surface area contributed by atoms with Gasteiger partial charge in [-0.25, -0.2) is 0 Å². The minimum absolute atomic E-state index is 0.138. The topological polar surface area (TPSA) is 67.6 Å². The maximum atomic E-state index is 11.8. The molecular weight excluding hydrogens is 218 g/mol. The average Bonchev–Trinajstić information content (AvgIpc) is 2.28. The van der Waals surface area contributed by atoms with Crippen molar-refractivity contribution >= 4 is 5.91 Å². The van der Waals surface area contributed by atoms with Crippen LogP contribution in [0.25, 0.3) is 0 Å². The van der Waals surface area contributed by atoms with Crippen LogP contribution >= 0.6 is 0 Å². The highest BCUT2D eigenvalue weighted by Crippen LogP contribution is 2.02. The molecule has 5 nitrogen and oxygen atoms in total. The molecule has 1 amide bonds. The van der Waals surface area contributed by atoms with Crippen molar-refractivity contribution < 1.29 is 9.53 Å². The Kier molecular flexibility index (Phi) is 5.88. The first kappa shape index (κ1) is 14.4. The average molecular weight is 243 g/mol. The largest absolute Gasteiger partial charge is 0.378 e. The quantitative estimate of drug-likeness (QED) is 0.642. The van der Waals surface area contributed by atoms with E-state index < -0.39 is 0 Å². The summed E-state index contributed by atoms with van der Waals surface area (Å²) >= 11 is 0. The minimum Gasteiger partial charge on any atom is -0.378 e. The van der Waals surface area contributed by atoms with Crippen LogP contribution in [-0.2, 0) is 9.53 Å². The van der Waals surface area contributed by atoms with E-state index in [1.165, 1.54) is 0 Å². The first-order valence-electron chi connectivity index (χ1n) is 6.34. The van der Waals surface area contributed by atoms with Gasteiger partial charge in [-0.2, -0.15) is 0 Å². The number of rotatable bonds is 6. The van der Waals surface area contributed by atoms with Crippen LogP contribution in [-0.4, -0.2) is 55.7 Å². The van der Waals surface area contributed by atoms with Crippen LogP contribution in [0.1, 0.15) is 26.7 Å². The predicted molar refractivity (Wildman–Crippen MR) is 67.8 cm³/mol. The Morgan fingerprint density at radius 1 is 1.35 bits per heavy atom. The molecule has 17 heavy (non-hydrogen) atoms. The molecule has 3 N–H and O–H groups in total. The molecule has 1 aliphatic heterocycles. The summed E-state index contributed by atoms with van der Waals surface area (Å²) in [5.74, 6) is 0.216. The second-order valence-corrected chi connectivity index (χ2v) is 5.23. The molecule has 0 spiro atoms. The van der Waals surface area contributed by atoms with Gasteiger partial charge in [0.15, 0.2) is 0 Å². The molecule has 0 unspecified atom stereocenters. The summed E-state index contributed by atoms with van der Waals surface area (Å²) in [5, 5.41) is 3.25. The number of hydrogen-bond acceptors (Lipinski definition) is 4. The van der Waals surface area contributed by atoms with Crippen LogP contribution in [0.2, 0.25) is 0 Å². The zero-order chi connectivity index (χ0) is 12.7. The van der Waals surface area contributed by atoms with E-state index in [9.17, 15) is 4.79 Å². The summed E-state index contributed by atoms with van der Waals surface area (Å²) in [7, 11) is 0. The van der Waals surface area contributed by atoms with E-state index in [4.69, 9.17) is 10.5 Å². The number of amides is 1. The lowest BCUT2D eigenvalue weighted by Gasteiger charge is -2.27. The van der Waals surface area contributed by atoms with Crippen molar-refractivity contribution in [2.45, 2.75) is 32.2 Å². The molecule has 1 saturated heterocycles. The number of nitrogens with two attached hydrogens (primary N) is 1. The van der Waals surface area contributed by atoms with Crippen molar-refractivity contribution in [3.63, 3.8) is 0 Å². The molecule has 0 atom stereocenters. The highest BCUT2D eigenvalue weighted by molar-refractivity contribution is 5.76. The fraction of sp³-hybridized carbons (Fsp3) is 0.917. The van der Waals surface area contributed by atoms with E-state index in [-0.39, 0.29) is 11.4 Å². The second-order valence-electron chi connectivity index (χ2n) is 5.23. The fourth-order valence-corrected chi connectivity index (χ4v) is 1.70. The van der Waals surface area contributed by atoms with Crippen molar-refractivity contribution in [1.29, 1.82) is 0 Å². The molecule has 0 aromatic carbocycles. The third-order valence-electron chi connectivity index (χ3n) is 2.83. The molecule has 100 valence electrons. The number of hydrogen-bond donors (Lipinski definition) is 2. The Morgan fingerprint density at radius 3 is 2.59 bits per heavy atom. The number of morpholine rings is 1. The summed E-state index contributed by atoms with van der Waals surface area (Å²) < 4.78 is 5.21. The Labute approximate surface area is 104 Å². The molecule has 5 heteroatoms. The molecular formula is C12H25N3O2. The van der Waals surface area contributed by atoms with Crippen LogP contribution in [0.15, 0.2) is 0 Å². The number of carbonyl (C=O) groups is 1. The third kappa shape index (κ3) is 6.61. The third-order valence-corrected chi connectivity index (χ3v) is 2.83. The lowest BCUT2D eigenvalue weighted by molar-refractivity contribution is -0.135. The number of nitrogens with one attached hydrogen (secondary N) is 1. The normalized spacial score (nSPS) is 17.2. The van der Waals surface area contributed by atoms with Crippen molar-refractivity contribution in [3.8, 4) is 0 Å². The van der Waals surface area contributed by atoms with E-state index in [1.54, 1.807) is 0 Å². The van der Waals surface area contributed by atoms with E-state index in [2.05, 4.69) is 5.32 Å². The van der Waals surface area contributed by atoms with Crippen LogP contribution in [0, 0.1) is 0 Å². The van der Waals surface area contributed by atoms with Crippen LogP contribution < -0.4 is 11.1 Å². The van der Waals surface area contributed by atoms with Crippen molar-refractivity contribution in [2.24, 2.45) is 5.73 Å². The number of carbonyl (C=O) groups excluding carboxylic acids is 1. The summed E-state index contributed by atoms with van der Waals surface area (Å²) in [4.78, 5) is 13.6. The maximum Gasteiger partial charge on any atom is 0.224 e. The Balaban J connectivity index is 2.04. The van der Waals surface area contributed by atoms with Crippen LogP contribution in [0.4, 0.5) is 0 Å². The number of nitrogens with zero attached hydrogens (tertiary/aromatic N) is 1. The van der Waals surface area contributed by atoms with Gasteiger partial charge >= 0.3 is 0 Å². The van der Waals surface area contributed by atoms with Gasteiger partial charge in [-0.05, 0) is 26.8 Å². The SMILES string of the molecule is CC(C)(N)CCNCCC(=O)N1CCOCC1. The first-order chi connectivity index (χ1) is 7.99. The van der Waals surface area contributed by atoms with Gasteiger partial charge in [0, 0.05) is 31.6 Å². The van der Waals surface area contributed by atoms with Gasteiger partial charge in [-0.1, -0.05) is 0 Å². The molecule has 0 radical (unpaired) electrons. The van der Waals surface area contributed by atoms with Gasteiger partial charge in [-0.15, -0.1) is 0 Å². The lowest BCUT2D eigenvalue weighted by Crippen LogP contribution is -2.42. The van der Waals surface area contributed by atoms with Crippen LogP contribution in [0.3, 0.4) is 0 Å². The number of ether oxygens (including phenoxy) is 1. The van der Waals surface area contributed by atoms with Crippen molar-refractivity contribution in [3.05, 3.63) is 0 Å².